The van der Waals surface area contributed by atoms with Crippen LogP contribution in [0.1, 0.15) is 6.42 Å². The topological polar surface area (TPSA) is 98.5 Å². The summed E-state index contributed by atoms with van der Waals surface area (Å²) >= 11 is 0. The maximum Gasteiger partial charge on any atom is 0.240 e. The van der Waals surface area contributed by atoms with Gasteiger partial charge >= 0.3 is 0 Å². The van der Waals surface area contributed by atoms with E-state index in [-0.39, 0.29) is 11.4 Å². The molecule has 1 aromatic carbocycles. The zero-order valence-corrected chi connectivity index (χ0v) is 12.5. The largest absolute Gasteiger partial charge is 0.495 e. The minimum absolute atomic E-state index is 0.0937. The number of benzene rings is 1. The molecule has 0 saturated carbocycles. The fraction of sp³-hybridized carbons (Fsp3) is 0.455. The van der Waals surface area contributed by atoms with Gasteiger partial charge in [0.15, 0.2) is 0 Å². The van der Waals surface area contributed by atoms with E-state index in [2.05, 4.69) is 4.72 Å². The summed E-state index contributed by atoms with van der Waals surface area (Å²) in [6, 6.07) is 4.27. The number of nitrogens with one attached hydrogen (secondary N) is 1. The summed E-state index contributed by atoms with van der Waals surface area (Å²) in [6.45, 7) is 0.245. The van der Waals surface area contributed by atoms with Gasteiger partial charge in [0.05, 0.1) is 17.7 Å². The lowest BCUT2D eigenvalue weighted by molar-refractivity contribution is 0.415. The lowest BCUT2D eigenvalue weighted by Gasteiger charge is -2.09. The molecule has 0 saturated heterocycles. The molecule has 1 aromatic rings. The third kappa shape index (κ3) is 4.81. The van der Waals surface area contributed by atoms with Crippen LogP contribution in [-0.2, 0) is 20.8 Å². The molecule has 0 heterocycles. The van der Waals surface area contributed by atoms with Crippen LogP contribution in [0.5, 0.6) is 5.75 Å². The van der Waals surface area contributed by atoms with Crippen molar-refractivity contribution in [2.24, 2.45) is 0 Å². The van der Waals surface area contributed by atoms with Crippen LogP contribution in [0.4, 0.5) is 5.69 Å². The molecule has 19 heavy (non-hydrogen) atoms. The SMILES string of the molecule is COc1cc(S(=O)(=O)NCCCS(C)=O)ccc1N. The molecule has 0 radical (unpaired) electrons. The lowest BCUT2D eigenvalue weighted by Crippen LogP contribution is -2.25. The van der Waals surface area contributed by atoms with Crippen molar-refractivity contribution in [3.05, 3.63) is 18.2 Å². The molecule has 0 amide bonds. The molecule has 8 heteroatoms. The zero-order valence-electron chi connectivity index (χ0n) is 10.9. The molecule has 108 valence electrons. The van der Waals surface area contributed by atoms with Gasteiger partial charge in [0.1, 0.15) is 5.75 Å². The summed E-state index contributed by atoms with van der Waals surface area (Å²) in [4.78, 5) is 0.0937. The van der Waals surface area contributed by atoms with Crippen LogP contribution in [0.2, 0.25) is 0 Å². The van der Waals surface area contributed by atoms with Gasteiger partial charge in [-0.2, -0.15) is 0 Å². The van der Waals surface area contributed by atoms with E-state index in [0.29, 0.717) is 23.6 Å². The van der Waals surface area contributed by atoms with E-state index in [9.17, 15) is 12.6 Å². The normalized spacial score (nSPS) is 13.2. The van der Waals surface area contributed by atoms with E-state index < -0.39 is 20.8 Å². The molecule has 1 rings (SSSR count). The molecular weight excluding hydrogens is 288 g/mol. The summed E-state index contributed by atoms with van der Waals surface area (Å²) < 4.78 is 42.2. The highest BCUT2D eigenvalue weighted by Gasteiger charge is 2.15. The van der Waals surface area contributed by atoms with Gasteiger partial charge < -0.3 is 10.5 Å². The minimum Gasteiger partial charge on any atom is -0.495 e. The number of hydrogen-bond donors (Lipinski definition) is 2. The monoisotopic (exact) mass is 306 g/mol. The molecule has 0 spiro atoms. The van der Waals surface area contributed by atoms with Crippen LogP contribution in [0, 0.1) is 0 Å². The van der Waals surface area contributed by atoms with Crippen LogP contribution >= 0.6 is 0 Å². The number of nitrogens with two attached hydrogens (primary N) is 1. The molecule has 6 nitrogen and oxygen atoms in total. The van der Waals surface area contributed by atoms with Crippen molar-refractivity contribution in [1.82, 2.24) is 4.72 Å². The molecule has 3 N–H and O–H groups in total. The molecule has 0 aliphatic heterocycles. The number of rotatable bonds is 7. The third-order valence-corrected chi connectivity index (χ3v) is 4.74. The first-order chi connectivity index (χ1) is 8.86. The number of hydrogen-bond acceptors (Lipinski definition) is 5. The van der Waals surface area contributed by atoms with Gasteiger partial charge in [-0.3, -0.25) is 4.21 Å². The van der Waals surface area contributed by atoms with E-state index >= 15 is 0 Å². The average Bonchev–Trinajstić information content (AvgIpc) is 2.35. The van der Waals surface area contributed by atoms with Crippen molar-refractivity contribution < 1.29 is 17.4 Å². The maximum atomic E-state index is 12.0. The van der Waals surface area contributed by atoms with Crippen LogP contribution < -0.4 is 15.2 Å². The third-order valence-electron chi connectivity index (χ3n) is 2.42. The lowest BCUT2D eigenvalue weighted by atomic mass is 10.3. The van der Waals surface area contributed by atoms with Crippen molar-refractivity contribution in [1.29, 1.82) is 0 Å². The molecule has 0 bridgehead atoms. The fourth-order valence-electron chi connectivity index (χ4n) is 1.42. The molecular formula is C11H18N2O4S2. The van der Waals surface area contributed by atoms with Crippen molar-refractivity contribution in [2.45, 2.75) is 11.3 Å². The zero-order chi connectivity index (χ0) is 14.5. The molecule has 0 aliphatic rings. The van der Waals surface area contributed by atoms with Crippen molar-refractivity contribution >= 4 is 26.5 Å². The highest BCUT2D eigenvalue weighted by molar-refractivity contribution is 7.89. The van der Waals surface area contributed by atoms with Crippen LogP contribution in [0.15, 0.2) is 23.1 Å². The van der Waals surface area contributed by atoms with E-state index in [4.69, 9.17) is 10.5 Å². The Morgan fingerprint density at radius 1 is 1.42 bits per heavy atom. The Balaban J connectivity index is 2.74. The summed E-state index contributed by atoms with van der Waals surface area (Å²) in [5, 5.41) is 0. The highest BCUT2D eigenvalue weighted by Crippen LogP contribution is 2.24. The van der Waals surface area contributed by atoms with Crippen molar-refractivity contribution in [3.63, 3.8) is 0 Å². The predicted octanol–water partition coefficient (Wildman–Crippen LogP) is 0.324. The fourth-order valence-corrected chi connectivity index (χ4v) is 3.06. The van der Waals surface area contributed by atoms with Gasteiger partial charge in [-0.1, -0.05) is 0 Å². The first kappa shape index (κ1) is 15.9. The number of ether oxygens (including phenoxy) is 1. The van der Waals surface area contributed by atoms with E-state index in [1.807, 2.05) is 0 Å². The smallest absolute Gasteiger partial charge is 0.240 e. The second kappa shape index (κ2) is 6.88. The second-order valence-electron chi connectivity index (χ2n) is 3.93. The minimum atomic E-state index is -3.59. The number of anilines is 1. The van der Waals surface area contributed by atoms with Gasteiger partial charge in [-0.05, 0) is 18.6 Å². The second-order valence-corrected chi connectivity index (χ2v) is 7.25. The molecule has 1 atom stereocenters. The Morgan fingerprint density at radius 2 is 2.11 bits per heavy atom. The summed E-state index contributed by atoms with van der Waals surface area (Å²) in [5.41, 5.74) is 6.00. The van der Waals surface area contributed by atoms with Gasteiger partial charge in [0.25, 0.3) is 0 Å². The standard InChI is InChI=1S/C11H18N2O4S2/c1-17-11-8-9(4-5-10(11)12)19(15,16)13-6-3-7-18(2)14/h4-5,8,13H,3,6-7,12H2,1-2H3. The Bertz CT molecular complexity index is 558. The molecule has 0 aliphatic carbocycles. The Kier molecular flexibility index (Phi) is 5.77. The molecule has 0 fully saturated rings. The van der Waals surface area contributed by atoms with Crippen molar-refractivity contribution in [3.8, 4) is 5.75 Å². The maximum absolute atomic E-state index is 12.0. The number of nitrogen functional groups attached to an aromatic ring is 1. The summed E-state index contributed by atoms with van der Waals surface area (Å²) in [5.74, 6) is 0.783. The van der Waals surface area contributed by atoms with Gasteiger partial charge in [-0.15, -0.1) is 0 Å². The average molecular weight is 306 g/mol. The van der Waals surface area contributed by atoms with E-state index in [1.165, 1.54) is 25.3 Å². The Hall–Kier alpha value is -1.12. The van der Waals surface area contributed by atoms with Crippen LogP contribution in [0.3, 0.4) is 0 Å². The van der Waals surface area contributed by atoms with Crippen molar-refractivity contribution in [2.75, 3.05) is 31.4 Å². The Labute approximate surface area is 115 Å². The van der Waals surface area contributed by atoms with Gasteiger partial charge in [-0.25, -0.2) is 13.1 Å². The number of methoxy groups -OCH3 is 1. The molecule has 1 unspecified atom stereocenters. The summed E-state index contributed by atoms with van der Waals surface area (Å²) in [7, 11) is -3.09. The Morgan fingerprint density at radius 3 is 2.68 bits per heavy atom. The first-order valence-electron chi connectivity index (χ1n) is 5.60. The van der Waals surface area contributed by atoms with Gasteiger partial charge in [0, 0.05) is 35.4 Å². The highest BCUT2D eigenvalue weighted by atomic mass is 32.2. The first-order valence-corrected chi connectivity index (χ1v) is 8.81. The van der Waals surface area contributed by atoms with E-state index in [1.54, 1.807) is 6.26 Å². The van der Waals surface area contributed by atoms with Crippen LogP contribution in [0.25, 0.3) is 0 Å². The summed E-state index contributed by atoms with van der Waals surface area (Å²) in [6.07, 6.45) is 2.10. The quantitative estimate of drug-likeness (QED) is 0.558. The predicted molar refractivity (Wildman–Crippen MR) is 76.1 cm³/mol. The molecule has 0 aromatic heterocycles. The van der Waals surface area contributed by atoms with Gasteiger partial charge in [0.2, 0.25) is 10.0 Å². The van der Waals surface area contributed by atoms with Crippen LogP contribution in [-0.4, -0.2) is 38.3 Å². The van der Waals surface area contributed by atoms with E-state index in [0.717, 1.165) is 0 Å². The number of sulfonamides is 1.